The summed E-state index contributed by atoms with van der Waals surface area (Å²) in [5, 5.41) is 13.4. The van der Waals surface area contributed by atoms with Crippen LogP contribution in [0.1, 0.15) is 28.3 Å². The molecule has 2 aromatic heterocycles. The third-order valence-corrected chi connectivity index (χ3v) is 2.78. The van der Waals surface area contributed by atoms with Crippen molar-refractivity contribution in [2.24, 2.45) is 0 Å². The third-order valence-electron chi connectivity index (χ3n) is 2.78. The number of nitrogens with one attached hydrogen (secondary N) is 2. The van der Waals surface area contributed by atoms with E-state index >= 15 is 0 Å². The molecule has 7 nitrogen and oxygen atoms in total. The van der Waals surface area contributed by atoms with Crippen molar-refractivity contribution in [3.63, 3.8) is 0 Å². The van der Waals surface area contributed by atoms with Gasteiger partial charge in [-0.2, -0.15) is 10.2 Å². The first kappa shape index (κ1) is 13.1. The Bertz CT molecular complexity index is 571. The van der Waals surface area contributed by atoms with Crippen LogP contribution in [-0.4, -0.2) is 32.4 Å². The number of aryl methyl sites for hydroxylation is 3. The maximum Gasteiger partial charge on any atom is 0.269 e. The molecule has 1 amide bonds. The van der Waals surface area contributed by atoms with Crippen molar-refractivity contribution in [2.75, 3.05) is 12.3 Å². The van der Waals surface area contributed by atoms with Crippen LogP contribution in [0.5, 0.6) is 0 Å². The monoisotopic (exact) mass is 262 g/mol. The summed E-state index contributed by atoms with van der Waals surface area (Å²) in [4.78, 5) is 11.7. The summed E-state index contributed by atoms with van der Waals surface area (Å²) >= 11 is 0. The fourth-order valence-corrected chi connectivity index (χ4v) is 1.88. The number of amides is 1. The number of carbonyl (C=O) groups is 1. The molecule has 4 N–H and O–H groups in total. The van der Waals surface area contributed by atoms with Crippen molar-refractivity contribution in [1.82, 2.24) is 25.3 Å². The molecule has 0 spiro atoms. The van der Waals surface area contributed by atoms with E-state index in [9.17, 15) is 4.79 Å². The van der Waals surface area contributed by atoms with Gasteiger partial charge in [0.2, 0.25) is 0 Å². The zero-order chi connectivity index (χ0) is 13.8. The average molecular weight is 262 g/mol. The van der Waals surface area contributed by atoms with Crippen molar-refractivity contribution < 1.29 is 4.79 Å². The van der Waals surface area contributed by atoms with Gasteiger partial charge in [0, 0.05) is 24.8 Å². The summed E-state index contributed by atoms with van der Waals surface area (Å²) in [5.74, 6) is 0.116. The Morgan fingerprint density at radius 2 is 2.26 bits per heavy atom. The predicted molar refractivity (Wildman–Crippen MR) is 71.7 cm³/mol. The largest absolute Gasteiger partial charge is 0.382 e. The van der Waals surface area contributed by atoms with Crippen LogP contribution >= 0.6 is 0 Å². The Hall–Kier alpha value is -2.31. The molecule has 0 unspecified atom stereocenters. The number of nitrogens with two attached hydrogens (primary N) is 1. The first-order valence-electron chi connectivity index (χ1n) is 6.16. The molecule has 0 radical (unpaired) electrons. The van der Waals surface area contributed by atoms with Crippen LogP contribution in [0.15, 0.2) is 12.1 Å². The van der Waals surface area contributed by atoms with Crippen molar-refractivity contribution in [3.05, 3.63) is 29.2 Å². The Morgan fingerprint density at radius 3 is 2.84 bits per heavy atom. The van der Waals surface area contributed by atoms with Crippen LogP contribution < -0.4 is 11.1 Å². The van der Waals surface area contributed by atoms with Crippen LogP contribution in [0.2, 0.25) is 0 Å². The van der Waals surface area contributed by atoms with E-state index in [1.807, 2.05) is 24.6 Å². The van der Waals surface area contributed by atoms with E-state index in [-0.39, 0.29) is 5.91 Å². The number of hydrogen-bond acceptors (Lipinski definition) is 4. The third kappa shape index (κ3) is 3.34. The number of anilines is 1. The number of aromatic amines is 1. The predicted octanol–water partition coefficient (Wildman–Crippen LogP) is 0.625. The molecular weight excluding hydrogens is 244 g/mol. The van der Waals surface area contributed by atoms with Gasteiger partial charge in [-0.3, -0.25) is 14.6 Å². The van der Waals surface area contributed by atoms with Crippen LogP contribution in [0.25, 0.3) is 0 Å². The number of hydrogen-bond donors (Lipinski definition) is 3. The molecule has 0 atom stereocenters. The summed E-state index contributed by atoms with van der Waals surface area (Å²) < 4.78 is 1.94. The number of nitrogens with zero attached hydrogens (tertiary/aromatic N) is 3. The van der Waals surface area contributed by atoms with Gasteiger partial charge in [0.15, 0.2) is 0 Å². The van der Waals surface area contributed by atoms with Gasteiger partial charge in [0.1, 0.15) is 11.5 Å². The average Bonchev–Trinajstić information content (AvgIpc) is 2.91. The Labute approximate surface area is 111 Å². The summed E-state index contributed by atoms with van der Waals surface area (Å²) in [6.45, 7) is 5.35. The molecule has 0 aliphatic rings. The fourth-order valence-electron chi connectivity index (χ4n) is 1.88. The van der Waals surface area contributed by atoms with E-state index in [0.717, 1.165) is 24.4 Å². The summed E-state index contributed by atoms with van der Waals surface area (Å²) in [5.41, 5.74) is 7.95. The number of aromatic nitrogens is 4. The van der Waals surface area contributed by atoms with Gasteiger partial charge in [0.05, 0.1) is 5.69 Å². The lowest BCUT2D eigenvalue weighted by molar-refractivity contribution is 0.0947. The van der Waals surface area contributed by atoms with Crippen LogP contribution in [0, 0.1) is 13.8 Å². The summed E-state index contributed by atoms with van der Waals surface area (Å²) in [6, 6.07) is 3.54. The van der Waals surface area contributed by atoms with E-state index in [0.29, 0.717) is 18.1 Å². The molecule has 0 bridgehead atoms. The second-order valence-electron chi connectivity index (χ2n) is 4.47. The summed E-state index contributed by atoms with van der Waals surface area (Å²) in [7, 11) is 0. The molecule has 102 valence electrons. The van der Waals surface area contributed by atoms with Gasteiger partial charge in [0.25, 0.3) is 5.91 Å². The second kappa shape index (κ2) is 5.55. The fraction of sp³-hybridized carbons (Fsp3) is 0.417. The molecule has 0 aliphatic heterocycles. The van der Waals surface area contributed by atoms with Crippen LogP contribution in [0.4, 0.5) is 5.82 Å². The van der Waals surface area contributed by atoms with Gasteiger partial charge in [-0.1, -0.05) is 0 Å². The minimum atomic E-state index is -0.197. The maximum absolute atomic E-state index is 11.7. The smallest absolute Gasteiger partial charge is 0.269 e. The molecule has 0 saturated carbocycles. The number of H-pyrrole nitrogens is 1. The molecule has 19 heavy (non-hydrogen) atoms. The lowest BCUT2D eigenvalue weighted by Gasteiger charge is -2.05. The van der Waals surface area contributed by atoms with Crippen LogP contribution in [-0.2, 0) is 6.54 Å². The van der Waals surface area contributed by atoms with E-state index < -0.39 is 0 Å². The topological polar surface area (TPSA) is 102 Å². The van der Waals surface area contributed by atoms with Gasteiger partial charge in [-0.25, -0.2) is 0 Å². The van der Waals surface area contributed by atoms with Crippen molar-refractivity contribution in [3.8, 4) is 0 Å². The van der Waals surface area contributed by atoms with Crippen molar-refractivity contribution in [1.29, 1.82) is 0 Å². The highest BCUT2D eigenvalue weighted by Gasteiger charge is 2.07. The molecule has 2 heterocycles. The zero-order valence-electron chi connectivity index (χ0n) is 11.1. The maximum atomic E-state index is 11.7. The Morgan fingerprint density at radius 1 is 1.47 bits per heavy atom. The van der Waals surface area contributed by atoms with Gasteiger partial charge in [-0.15, -0.1) is 0 Å². The quantitative estimate of drug-likeness (QED) is 0.687. The van der Waals surface area contributed by atoms with E-state index in [2.05, 4.69) is 20.6 Å². The standard InChI is InChI=1S/C12H18N6O/c1-8-6-9(2)18(17-8)5-3-4-14-12(19)10-7-11(13)16-15-10/h6-7H,3-5H2,1-2H3,(H,14,19)(H3,13,15,16). The normalized spacial score (nSPS) is 10.6. The van der Waals surface area contributed by atoms with E-state index in [1.165, 1.54) is 6.07 Å². The van der Waals surface area contributed by atoms with E-state index in [4.69, 9.17) is 5.73 Å². The van der Waals surface area contributed by atoms with Crippen molar-refractivity contribution in [2.45, 2.75) is 26.8 Å². The lowest BCUT2D eigenvalue weighted by atomic mass is 10.3. The lowest BCUT2D eigenvalue weighted by Crippen LogP contribution is -2.25. The molecule has 0 saturated heterocycles. The van der Waals surface area contributed by atoms with Gasteiger partial charge < -0.3 is 11.1 Å². The molecule has 0 aliphatic carbocycles. The van der Waals surface area contributed by atoms with Gasteiger partial charge >= 0.3 is 0 Å². The highest BCUT2D eigenvalue weighted by molar-refractivity contribution is 5.92. The number of carbonyl (C=O) groups excluding carboxylic acids is 1. The molecular formula is C12H18N6O. The summed E-state index contributed by atoms with van der Waals surface area (Å²) in [6.07, 6.45) is 0.817. The Kier molecular flexibility index (Phi) is 3.84. The SMILES string of the molecule is Cc1cc(C)n(CCCNC(=O)c2cc(N)n[nH]2)n1. The van der Waals surface area contributed by atoms with Gasteiger partial charge in [-0.05, 0) is 26.3 Å². The minimum absolute atomic E-state index is 0.197. The first-order valence-corrected chi connectivity index (χ1v) is 6.16. The second-order valence-corrected chi connectivity index (χ2v) is 4.47. The van der Waals surface area contributed by atoms with Crippen molar-refractivity contribution >= 4 is 11.7 Å². The minimum Gasteiger partial charge on any atom is -0.382 e. The van der Waals surface area contributed by atoms with Crippen LogP contribution in [0.3, 0.4) is 0 Å². The molecule has 0 fully saturated rings. The molecule has 0 aromatic carbocycles. The molecule has 7 heteroatoms. The number of nitrogen functional groups attached to an aromatic ring is 1. The Balaban J connectivity index is 1.75. The number of rotatable bonds is 5. The van der Waals surface area contributed by atoms with E-state index in [1.54, 1.807) is 0 Å². The molecule has 2 rings (SSSR count). The zero-order valence-corrected chi connectivity index (χ0v) is 11.1. The highest BCUT2D eigenvalue weighted by Crippen LogP contribution is 2.03. The first-order chi connectivity index (χ1) is 9.06. The molecule has 2 aromatic rings. The highest BCUT2D eigenvalue weighted by atomic mass is 16.1.